The third-order valence-corrected chi connectivity index (χ3v) is 4.67. The van der Waals surface area contributed by atoms with Crippen molar-refractivity contribution < 1.29 is 24.2 Å². The van der Waals surface area contributed by atoms with Crippen LogP contribution in [0.1, 0.15) is 41.7 Å². The first-order valence-corrected chi connectivity index (χ1v) is 8.99. The van der Waals surface area contributed by atoms with Gasteiger partial charge < -0.3 is 24.6 Å². The fourth-order valence-electron chi connectivity index (χ4n) is 3.23. The zero-order chi connectivity index (χ0) is 21.4. The van der Waals surface area contributed by atoms with E-state index in [-0.39, 0.29) is 47.5 Å². The number of carbonyl (C=O) groups excluding carboxylic acids is 2. The molecule has 1 unspecified atom stereocenters. The molecule has 1 heterocycles. The molecular weight excluding hydrogens is 366 g/mol. The number of esters is 1. The van der Waals surface area contributed by atoms with Crippen LogP contribution in [0.2, 0.25) is 0 Å². The average Bonchev–Trinajstić information content (AvgIpc) is 2.57. The summed E-state index contributed by atoms with van der Waals surface area (Å²) >= 11 is 0. The Morgan fingerprint density at radius 3 is 2.50 bits per heavy atom. The third kappa shape index (κ3) is 5.91. The second-order valence-corrected chi connectivity index (χ2v) is 7.16. The molecule has 0 spiro atoms. The van der Waals surface area contributed by atoms with Crippen molar-refractivity contribution in [3.8, 4) is 0 Å². The highest BCUT2D eigenvalue weighted by Crippen LogP contribution is 2.28. The van der Waals surface area contributed by atoms with Crippen LogP contribution in [0.5, 0.6) is 0 Å². The Morgan fingerprint density at radius 2 is 2.00 bits per heavy atom. The van der Waals surface area contributed by atoms with Crippen molar-refractivity contribution in [1.29, 1.82) is 0 Å². The van der Waals surface area contributed by atoms with Gasteiger partial charge in [0, 0.05) is 24.8 Å². The molecule has 0 aliphatic heterocycles. The monoisotopic (exact) mass is 395 g/mol. The molecule has 1 aliphatic carbocycles. The Bertz CT molecular complexity index is 753. The van der Waals surface area contributed by atoms with Crippen LogP contribution in [-0.4, -0.2) is 66.7 Å². The van der Waals surface area contributed by atoms with Gasteiger partial charge in [-0.15, -0.1) is 0 Å². The topological polar surface area (TPSA) is 118 Å². The predicted molar refractivity (Wildman–Crippen MR) is 103 cm³/mol. The van der Waals surface area contributed by atoms with E-state index in [4.69, 9.17) is 14.6 Å². The molecule has 2 rings (SSSR count). The van der Waals surface area contributed by atoms with Gasteiger partial charge in [0.1, 0.15) is 5.56 Å². The summed E-state index contributed by atoms with van der Waals surface area (Å²) in [6.45, 7) is 4.16. The van der Waals surface area contributed by atoms with Crippen LogP contribution in [0.4, 0.5) is 0 Å². The number of nitrogens with zero attached hydrogens (tertiary/aromatic N) is 2. The van der Waals surface area contributed by atoms with E-state index in [0.717, 1.165) is 0 Å². The first kappa shape index (κ1) is 23.4. The van der Waals surface area contributed by atoms with Crippen LogP contribution >= 0.6 is 0 Å². The molecule has 1 aromatic rings. The number of carbonyl (C=O) groups is 3. The van der Waals surface area contributed by atoms with Gasteiger partial charge in [-0.3, -0.25) is 19.2 Å². The lowest BCUT2D eigenvalue weighted by molar-refractivity contribution is -0.149. The first-order chi connectivity index (χ1) is 13.2. The van der Waals surface area contributed by atoms with Gasteiger partial charge in [-0.05, 0) is 52.4 Å². The summed E-state index contributed by atoms with van der Waals surface area (Å²) in [7, 11) is 5.24. The van der Waals surface area contributed by atoms with E-state index in [1.807, 2.05) is 25.9 Å². The summed E-state index contributed by atoms with van der Waals surface area (Å²) in [6.07, 6.45) is 2.84. The smallest absolute Gasteiger partial charge is 0.308 e. The molecule has 1 aliphatic rings. The third-order valence-electron chi connectivity index (χ3n) is 4.67. The summed E-state index contributed by atoms with van der Waals surface area (Å²) in [5.74, 6) is -0.785. The minimum Gasteiger partial charge on any atom is -0.483 e. The highest BCUT2D eigenvalue weighted by atomic mass is 16.5. The number of carboxylic acid groups (broad SMARTS) is 1. The van der Waals surface area contributed by atoms with Crippen LogP contribution in [0.3, 0.4) is 0 Å². The molecule has 1 fully saturated rings. The standard InChI is InChI=1S/C18H27N3O4.CH2O2/c1-11-6-7-21(12(2)10-20(3)4)17(23)15(11)16(22)19-14-8-13(9-14)18(24)25-5;2-1-3/h6-7,12-14H,8-10H2,1-5H3,(H,19,22);1H,(H,2,3). The molecule has 0 aromatic carbocycles. The lowest BCUT2D eigenvalue weighted by Gasteiger charge is -2.33. The zero-order valence-electron chi connectivity index (χ0n) is 17.0. The average molecular weight is 395 g/mol. The largest absolute Gasteiger partial charge is 0.483 e. The number of amides is 1. The van der Waals surface area contributed by atoms with Crippen molar-refractivity contribution in [3.63, 3.8) is 0 Å². The van der Waals surface area contributed by atoms with E-state index in [0.29, 0.717) is 24.9 Å². The Balaban J connectivity index is 0.00000122. The normalized spacial score (nSPS) is 18.9. The van der Waals surface area contributed by atoms with Gasteiger partial charge in [0.2, 0.25) is 0 Å². The van der Waals surface area contributed by atoms with E-state index in [9.17, 15) is 14.4 Å². The maximum atomic E-state index is 12.8. The lowest BCUT2D eigenvalue weighted by Crippen LogP contribution is -2.48. The van der Waals surface area contributed by atoms with Gasteiger partial charge in [0.25, 0.3) is 17.9 Å². The van der Waals surface area contributed by atoms with Gasteiger partial charge in [0.15, 0.2) is 0 Å². The highest BCUT2D eigenvalue weighted by Gasteiger charge is 2.36. The summed E-state index contributed by atoms with van der Waals surface area (Å²) in [4.78, 5) is 47.1. The van der Waals surface area contributed by atoms with E-state index < -0.39 is 0 Å². The van der Waals surface area contributed by atoms with Crippen molar-refractivity contribution >= 4 is 18.3 Å². The van der Waals surface area contributed by atoms with Gasteiger partial charge in [-0.25, -0.2) is 0 Å². The van der Waals surface area contributed by atoms with Crippen LogP contribution in [-0.2, 0) is 14.3 Å². The maximum Gasteiger partial charge on any atom is 0.308 e. The Hall–Kier alpha value is -2.68. The van der Waals surface area contributed by atoms with Crippen LogP contribution < -0.4 is 10.9 Å². The number of aryl methyl sites for hydroxylation is 1. The molecule has 1 aromatic heterocycles. The molecule has 0 radical (unpaired) electrons. The summed E-state index contributed by atoms with van der Waals surface area (Å²) in [5.41, 5.74) is 0.546. The molecule has 156 valence electrons. The van der Waals surface area contributed by atoms with E-state index >= 15 is 0 Å². The molecule has 0 saturated heterocycles. The maximum absolute atomic E-state index is 12.8. The highest BCUT2D eigenvalue weighted by molar-refractivity contribution is 5.95. The molecule has 9 heteroatoms. The van der Waals surface area contributed by atoms with Crippen molar-refractivity contribution in [3.05, 3.63) is 33.7 Å². The van der Waals surface area contributed by atoms with E-state index in [1.165, 1.54) is 7.11 Å². The number of ether oxygens (including phenoxy) is 1. The number of likely N-dealkylation sites (N-methyl/N-ethyl adjacent to an activating group) is 1. The van der Waals surface area contributed by atoms with Gasteiger partial charge >= 0.3 is 5.97 Å². The summed E-state index contributed by atoms with van der Waals surface area (Å²) in [5, 5.41) is 9.75. The quantitative estimate of drug-likeness (QED) is 0.537. The number of hydrogen-bond donors (Lipinski definition) is 2. The van der Waals surface area contributed by atoms with Crippen molar-refractivity contribution in [1.82, 2.24) is 14.8 Å². The number of hydrogen-bond acceptors (Lipinski definition) is 6. The molecule has 1 atom stereocenters. The fraction of sp³-hybridized carbons (Fsp3) is 0.579. The fourth-order valence-corrected chi connectivity index (χ4v) is 3.23. The molecule has 28 heavy (non-hydrogen) atoms. The molecule has 1 saturated carbocycles. The number of pyridine rings is 1. The SMILES string of the molecule is COC(=O)C1CC(NC(=O)c2c(C)ccn(C(C)CN(C)C)c2=O)C1.O=CO. The van der Waals surface area contributed by atoms with Gasteiger partial charge in [-0.2, -0.15) is 0 Å². The number of rotatable bonds is 6. The Kier molecular flexibility index (Phi) is 8.84. The molecule has 9 nitrogen and oxygen atoms in total. The predicted octanol–water partition coefficient (Wildman–Crippen LogP) is 0.662. The molecule has 2 N–H and O–H groups in total. The minimum atomic E-state index is -0.373. The zero-order valence-corrected chi connectivity index (χ0v) is 17.0. The van der Waals surface area contributed by atoms with Crippen LogP contribution in [0, 0.1) is 12.8 Å². The molecule has 0 bridgehead atoms. The lowest BCUT2D eigenvalue weighted by atomic mass is 9.80. The Morgan fingerprint density at radius 1 is 1.43 bits per heavy atom. The van der Waals surface area contributed by atoms with Gasteiger partial charge in [0.05, 0.1) is 13.0 Å². The van der Waals surface area contributed by atoms with Crippen LogP contribution in [0.25, 0.3) is 0 Å². The second kappa shape index (κ2) is 10.6. The summed E-state index contributed by atoms with van der Waals surface area (Å²) < 4.78 is 6.29. The number of methoxy groups -OCH3 is 1. The van der Waals surface area contributed by atoms with Crippen molar-refractivity contribution in [2.75, 3.05) is 27.7 Å². The van der Waals surface area contributed by atoms with Crippen LogP contribution in [0.15, 0.2) is 17.1 Å². The van der Waals surface area contributed by atoms with Crippen molar-refractivity contribution in [2.45, 2.75) is 38.8 Å². The minimum absolute atomic E-state index is 0.0398. The molecular formula is C19H29N3O6. The first-order valence-electron chi connectivity index (χ1n) is 8.99. The van der Waals surface area contributed by atoms with Gasteiger partial charge in [-0.1, -0.05) is 0 Å². The Labute approximate surface area is 164 Å². The molecule has 1 amide bonds. The number of aromatic nitrogens is 1. The van der Waals surface area contributed by atoms with E-state index in [1.54, 1.807) is 23.8 Å². The summed E-state index contributed by atoms with van der Waals surface area (Å²) in [6, 6.07) is 1.66. The van der Waals surface area contributed by atoms with Crippen molar-refractivity contribution in [2.24, 2.45) is 5.92 Å². The second-order valence-electron chi connectivity index (χ2n) is 7.16. The number of nitrogens with one attached hydrogen (secondary N) is 1. The van der Waals surface area contributed by atoms with E-state index in [2.05, 4.69) is 5.32 Å².